The van der Waals surface area contributed by atoms with E-state index in [1.54, 1.807) is 33.8 Å². The topological polar surface area (TPSA) is 165 Å². The minimum absolute atomic E-state index is 0.0422. The fraction of sp³-hybridized carbons (Fsp3) is 0.500. The van der Waals surface area contributed by atoms with Crippen molar-refractivity contribution in [3.8, 4) is 0 Å². The van der Waals surface area contributed by atoms with Gasteiger partial charge in [-0.05, 0) is 59.1 Å². The van der Waals surface area contributed by atoms with Crippen molar-refractivity contribution < 1.29 is 38.7 Å². The molecule has 0 aliphatic carbocycles. The van der Waals surface area contributed by atoms with E-state index < -0.39 is 40.6 Å². The number of nitro groups is 1. The van der Waals surface area contributed by atoms with Gasteiger partial charge < -0.3 is 19.9 Å². The van der Waals surface area contributed by atoms with Gasteiger partial charge in [-0.25, -0.2) is 14.4 Å². The standard InChI is InChI=1S/C17H28N2O5.C7H5NO4/c1-6-9-12(15(21)23-7-2)18-14(20)13-10-8-11-19(13)16(22)24-17(3,4)5;9-7(10)5-1-3-6(4-2-5)8(11)12/h6,12-13H,1,7-11H2,2-5H3,(H,18,20);1-4H,(H,9,10)/t12-,13+;/m1./s1. The van der Waals surface area contributed by atoms with E-state index in [2.05, 4.69) is 11.9 Å². The number of carbonyl (C=O) groups excluding carboxylic acids is 3. The minimum atomic E-state index is -1.09. The van der Waals surface area contributed by atoms with Gasteiger partial charge in [-0.2, -0.15) is 0 Å². The zero-order valence-electron chi connectivity index (χ0n) is 20.9. The lowest BCUT2D eigenvalue weighted by atomic mass is 10.1. The Morgan fingerprint density at radius 1 is 1.28 bits per heavy atom. The highest BCUT2D eigenvalue weighted by atomic mass is 16.6. The molecule has 0 saturated carbocycles. The first-order valence-electron chi connectivity index (χ1n) is 11.4. The Labute approximate surface area is 209 Å². The van der Waals surface area contributed by atoms with Crippen LogP contribution in [0.25, 0.3) is 0 Å². The number of aromatic carboxylic acids is 1. The van der Waals surface area contributed by atoms with Crippen molar-refractivity contribution >= 4 is 29.6 Å². The normalized spacial score (nSPS) is 15.6. The first-order chi connectivity index (χ1) is 16.8. The first-order valence-corrected chi connectivity index (χ1v) is 11.4. The summed E-state index contributed by atoms with van der Waals surface area (Å²) in [4.78, 5) is 57.9. The van der Waals surface area contributed by atoms with Gasteiger partial charge in [0.2, 0.25) is 5.91 Å². The van der Waals surface area contributed by atoms with Crippen LogP contribution >= 0.6 is 0 Å². The minimum Gasteiger partial charge on any atom is -0.478 e. The van der Waals surface area contributed by atoms with E-state index in [4.69, 9.17) is 14.6 Å². The van der Waals surface area contributed by atoms with Gasteiger partial charge in [-0.15, -0.1) is 6.58 Å². The van der Waals surface area contributed by atoms with Gasteiger partial charge in [0, 0.05) is 18.7 Å². The molecular weight excluding hydrogens is 474 g/mol. The number of amides is 2. The summed E-state index contributed by atoms with van der Waals surface area (Å²) in [6.07, 6.45) is 2.54. The van der Waals surface area contributed by atoms with Crippen LogP contribution in [0, 0.1) is 10.1 Å². The molecule has 2 N–H and O–H groups in total. The van der Waals surface area contributed by atoms with Gasteiger partial charge in [-0.3, -0.25) is 19.8 Å². The molecule has 1 aromatic rings. The van der Waals surface area contributed by atoms with Crippen molar-refractivity contribution in [1.82, 2.24) is 10.2 Å². The Morgan fingerprint density at radius 3 is 2.36 bits per heavy atom. The van der Waals surface area contributed by atoms with E-state index in [0.717, 1.165) is 12.1 Å². The predicted molar refractivity (Wildman–Crippen MR) is 129 cm³/mol. The van der Waals surface area contributed by atoms with E-state index in [-0.39, 0.29) is 30.2 Å². The number of non-ortho nitro benzene ring substituents is 1. The molecule has 198 valence electrons. The molecule has 1 fully saturated rings. The molecule has 36 heavy (non-hydrogen) atoms. The van der Waals surface area contributed by atoms with Crippen LogP contribution in [0.4, 0.5) is 10.5 Å². The fourth-order valence-corrected chi connectivity index (χ4v) is 3.20. The lowest BCUT2D eigenvalue weighted by Crippen LogP contribution is -2.51. The lowest BCUT2D eigenvalue weighted by Gasteiger charge is -2.28. The number of nitrogens with one attached hydrogen (secondary N) is 1. The Hall–Kier alpha value is -3.96. The average Bonchev–Trinajstić information content (AvgIpc) is 3.29. The van der Waals surface area contributed by atoms with Crippen LogP contribution in [0.5, 0.6) is 0 Å². The highest BCUT2D eigenvalue weighted by Crippen LogP contribution is 2.21. The fourth-order valence-electron chi connectivity index (χ4n) is 3.20. The molecule has 12 nitrogen and oxygen atoms in total. The molecule has 1 aliphatic heterocycles. The van der Waals surface area contributed by atoms with Crippen LogP contribution in [-0.4, -0.2) is 69.7 Å². The van der Waals surface area contributed by atoms with Crippen LogP contribution in [-0.2, 0) is 19.1 Å². The summed E-state index contributed by atoms with van der Waals surface area (Å²) < 4.78 is 10.3. The monoisotopic (exact) mass is 507 g/mol. The summed E-state index contributed by atoms with van der Waals surface area (Å²) in [6.45, 7) is 11.3. The van der Waals surface area contributed by atoms with E-state index in [0.29, 0.717) is 19.4 Å². The average molecular weight is 508 g/mol. The molecule has 1 saturated heterocycles. The second-order valence-electron chi connectivity index (χ2n) is 8.78. The number of rotatable bonds is 8. The molecule has 0 spiro atoms. The van der Waals surface area contributed by atoms with Crippen LogP contribution in [0.15, 0.2) is 36.9 Å². The largest absolute Gasteiger partial charge is 0.478 e. The molecule has 2 atom stereocenters. The number of nitro benzene ring substituents is 1. The van der Waals surface area contributed by atoms with E-state index >= 15 is 0 Å². The molecule has 2 rings (SSSR count). The van der Waals surface area contributed by atoms with Gasteiger partial charge in [0.1, 0.15) is 17.7 Å². The van der Waals surface area contributed by atoms with Crippen LogP contribution in [0.1, 0.15) is 57.3 Å². The van der Waals surface area contributed by atoms with Crippen molar-refractivity contribution in [2.75, 3.05) is 13.2 Å². The molecule has 0 bridgehead atoms. The highest BCUT2D eigenvalue weighted by Gasteiger charge is 2.38. The third kappa shape index (κ3) is 9.72. The lowest BCUT2D eigenvalue weighted by molar-refractivity contribution is -0.384. The van der Waals surface area contributed by atoms with E-state index in [1.807, 2.05) is 0 Å². The summed E-state index contributed by atoms with van der Waals surface area (Å²) >= 11 is 0. The molecule has 1 aliphatic rings. The summed E-state index contributed by atoms with van der Waals surface area (Å²) in [6, 6.07) is 3.27. The number of carboxylic acids is 1. The van der Waals surface area contributed by atoms with E-state index in [1.165, 1.54) is 17.0 Å². The van der Waals surface area contributed by atoms with Crippen molar-refractivity contribution in [1.29, 1.82) is 0 Å². The maximum Gasteiger partial charge on any atom is 0.410 e. The molecule has 1 aromatic carbocycles. The number of esters is 1. The van der Waals surface area contributed by atoms with Gasteiger partial charge in [0.15, 0.2) is 0 Å². The van der Waals surface area contributed by atoms with Gasteiger partial charge in [0.05, 0.1) is 17.1 Å². The Balaban J connectivity index is 0.000000450. The Bertz CT molecular complexity index is 922. The first kappa shape index (κ1) is 30.1. The molecule has 0 radical (unpaired) electrons. The summed E-state index contributed by atoms with van der Waals surface area (Å²) in [7, 11) is 0. The molecular formula is C24H33N3O9. The van der Waals surface area contributed by atoms with Gasteiger partial charge >= 0.3 is 18.0 Å². The number of ether oxygens (including phenoxy) is 2. The summed E-state index contributed by atoms with van der Waals surface area (Å²) in [5.41, 5.74) is -0.697. The quantitative estimate of drug-likeness (QED) is 0.232. The van der Waals surface area contributed by atoms with Gasteiger partial charge in [0.25, 0.3) is 5.69 Å². The number of benzene rings is 1. The van der Waals surface area contributed by atoms with Crippen LogP contribution < -0.4 is 5.32 Å². The van der Waals surface area contributed by atoms with Crippen molar-refractivity contribution in [2.24, 2.45) is 0 Å². The van der Waals surface area contributed by atoms with Crippen LogP contribution in [0.3, 0.4) is 0 Å². The molecule has 1 heterocycles. The SMILES string of the molecule is C=CC[C@@H](NC(=O)[C@@H]1CCCN1C(=O)OC(C)(C)C)C(=O)OCC.O=C(O)c1ccc([N+](=O)[O-])cc1. The Morgan fingerprint density at radius 2 is 1.89 bits per heavy atom. The maximum atomic E-state index is 12.5. The number of carbonyl (C=O) groups is 4. The van der Waals surface area contributed by atoms with Crippen LogP contribution in [0.2, 0.25) is 0 Å². The van der Waals surface area contributed by atoms with E-state index in [9.17, 15) is 29.3 Å². The zero-order valence-corrected chi connectivity index (χ0v) is 20.9. The predicted octanol–water partition coefficient (Wildman–Crippen LogP) is 3.30. The number of hydrogen-bond donors (Lipinski definition) is 2. The highest BCUT2D eigenvalue weighted by molar-refractivity contribution is 5.90. The van der Waals surface area contributed by atoms with Crippen molar-refractivity contribution in [2.45, 2.75) is 64.6 Å². The molecule has 2 amide bonds. The summed E-state index contributed by atoms with van der Waals surface area (Å²) in [5, 5.41) is 21.2. The number of likely N-dealkylation sites (tertiary alicyclic amines) is 1. The van der Waals surface area contributed by atoms with Gasteiger partial charge in [-0.1, -0.05) is 6.08 Å². The molecule has 0 aromatic heterocycles. The number of carboxylic acid groups (broad SMARTS) is 1. The number of nitrogens with zero attached hydrogens (tertiary/aromatic N) is 2. The second-order valence-corrected chi connectivity index (χ2v) is 8.78. The maximum absolute atomic E-state index is 12.5. The number of hydrogen-bond acceptors (Lipinski definition) is 8. The molecule has 12 heteroatoms. The van der Waals surface area contributed by atoms with Crippen molar-refractivity contribution in [3.63, 3.8) is 0 Å². The molecule has 0 unspecified atom stereocenters. The third-order valence-electron chi connectivity index (χ3n) is 4.80. The second kappa shape index (κ2) is 13.8. The Kier molecular flexibility index (Phi) is 11.5. The summed E-state index contributed by atoms with van der Waals surface area (Å²) in [5.74, 6) is -1.98. The zero-order chi connectivity index (χ0) is 27.5. The smallest absolute Gasteiger partial charge is 0.410 e. The third-order valence-corrected chi connectivity index (χ3v) is 4.80. The van der Waals surface area contributed by atoms with Crippen molar-refractivity contribution in [3.05, 3.63) is 52.6 Å².